The van der Waals surface area contributed by atoms with Crippen molar-refractivity contribution in [2.75, 3.05) is 19.1 Å². The maximum Gasteiger partial charge on any atom is 0.355 e. The number of halogens is 1. The number of hydrogen-bond acceptors (Lipinski definition) is 8. The molecular weight excluding hydrogens is 476 g/mol. The number of anilines is 1. The molecule has 0 aromatic heterocycles. The first kappa shape index (κ1) is 22.6. The van der Waals surface area contributed by atoms with Crippen molar-refractivity contribution in [2.24, 2.45) is 5.73 Å². The number of allylic oxidation sites excluding steroid dienone is 1. The summed E-state index contributed by atoms with van der Waals surface area (Å²) in [5, 5.41) is 19.2. The van der Waals surface area contributed by atoms with Gasteiger partial charge in [-0.2, -0.15) is 10.5 Å². The molecule has 1 aliphatic rings. The molecule has 0 bridgehead atoms. The van der Waals surface area contributed by atoms with Crippen molar-refractivity contribution < 1.29 is 19.1 Å². The van der Waals surface area contributed by atoms with Gasteiger partial charge in [-0.05, 0) is 39.7 Å². The smallest absolute Gasteiger partial charge is 0.355 e. The second-order valence-electron chi connectivity index (χ2n) is 6.61. The summed E-state index contributed by atoms with van der Waals surface area (Å²) < 4.78 is 10.4. The van der Waals surface area contributed by atoms with Crippen LogP contribution in [-0.2, 0) is 19.1 Å². The third-order valence-corrected chi connectivity index (χ3v) is 5.60. The number of benzene rings is 2. The number of carbonyl (C=O) groups is 2. The number of methoxy groups -OCH3 is 2. The van der Waals surface area contributed by atoms with Crippen LogP contribution >= 0.6 is 15.9 Å². The first-order valence-electron chi connectivity index (χ1n) is 9.24. The second kappa shape index (κ2) is 9.38. The molecule has 160 valence electrons. The van der Waals surface area contributed by atoms with Gasteiger partial charge in [0.25, 0.3) is 0 Å². The molecule has 1 unspecified atom stereocenters. The largest absolute Gasteiger partial charge is 0.466 e. The number of nitrogens with two attached hydrogens (primary N) is 1. The Morgan fingerprint density at radius 3 is 2.22 bits per heavy atom. The van der Waals surface area contributed by atoms with Crippen LogP contribution in [0.15, 0.2) is 75.7 Å². The second-order valence-corrected chi connectivity index (χ2v) is 7.47. The maximum atomic E-state index is 13.0. The van der Waals surface area contributed by atoms with E-state index in [1.165, 1.54) is 25.2 Å². The minimum atomic E-state index is -0.944. The Labute approximate surface area is 192 Å². The highest BCUT2D eigenvalue weighted by molar-refractivity contribution is 9.10. The summed E-state index contributed by atoms with van der Waals surface area (Å²) in [5.74, 6) is -2.64. The van der Waals surface area contributed by atoms with Crippen LogP contribution in [-0.4, -0.2) is 26.2 Å². The van der Waals surface area contributed by atoms with Crippen LogP contribution < -0.4 is 10.6 Å². The first-order valence-corrected chi connectivity index (χ1v) is 10.0. The standard InChI is InChI=1S/C23H17BrN4O4/c1-31-22(29)19-18(13-6-4-3-5-7-13)16(12-26)21(27)28(20(19)23(30)32-2)15-9-8-14(11-25)17(24)10-15/h3-10,18H,27H2,1-2H3. The topological polar surface area (TPSA) is 129 Å². The zero-order chi connectivity index (χ0) is 23.4. The molecule has 8 nitrogen and oxygen atoms in total. The molecule has 0 saturated heterocycles. The van der Waals surface area contributed by atoms with Gasteiger partial charge in [-0.25, -0.2) is 9.59 Å². The van der Waals surface area contributed by atoms with Crippen LogP contribution in [0.25, 0.3) is 0 Å². The zero-order valence-electron chi connectivity index (χ0n) is 17.1. The fourth-order valence-electron chi connectivity index (χ4n) is 3.52. The Hall–Kier alpha value is -4.08. The van der Waals surface area contributed by atoms with Crippen LogP contribution in [0.2, 0.25) is 0 Å². The summed E-state index contributed by atoms with van der Waals surface area (Å²) in [6.07, 6.45) is 0. The maximum absolute atomic E-state index is 13.0. The quantitative estimate of drug-likeness (QED) is 0.643. The van der Waals surface area contributed by atoms with E-state index in [0.717, 1.165) is 0 Å². The van der Waals surface area contributed by atoms with Crippen molar-refractivity contribution in [2.45, 2.75) is 5.92 Å². The molecule has 0 radical (unpaired) electrons. The average molecular weight is 493 g/mol. The van der Waals surface area contributed by atoms with Gasteiger partial charge in [0.2, 0.25) is 0 Å². The average Bonchev–Trinajstić information content (AvgIpc) is 2.82. The van der Waals surface area contributed by atoms with Gasteiger partial charge >= 0.3 is 11.9 Å². The molecule has 0 saturated carbocycles. The Morgan fingerprint density at radius 2 is 1.69 bits per heavy atom. The zero-order valence-corrected chi connectivity index (χ0v) is 18.7. The summed E-state index contributed by atoms with van der Waals surface area (Å²) in [4.78, 5) is 27.2. The van der Waals surface area contributed by atoms with Crippen LogP contribution in [0.3, 0.4) is 0 Å². The van der Waals surface area contributed by atoms with E-state index in [1.807, 2.05) is 6.07 Å². The fourth-order valence-corrected chi connectivity index (χ4v) is 3.97. The normalized spacial score (nSPS) is 15.7. The predicted octanol–water partition coefficient (Wildman–Crippen LogP) is 3.22. The summed E-state index contributed by atoms with van der Waals surface area (Å²) in [5.41, 5.74) is 7.48. The summed E-state index contributed by atoms with van der Waals surface area (Å²) >= 11 is 3.31. The third-order valence-electron chi connectivity index (χ3n) is 4.94. The molecule has 0 aliphatic carbocycles. The number of nitrogens with zero attached hydrogens (tertiary/aromatic N) is 3. The van der Waals surface area contributed by atoms with Crippen molar-refractivity contribution in [3.63, 3.8) is 0 Å². The molecule has 2 N–H and O–H groups in total. The van der Waals surface area contributed by atoms with Crippen molar-refractivity contribution >= 4 is 33.6 Å². The highest BCUT2D eigenvalue weighted by Crippen LogP contribution is 2.43. The van der Waals surface area contributed by atoms with Gasteiger partial charge in [0.05, 0.1) is 42.9 Å². The molecule has 1 heterocycles. The lowest BCUT2D eigenvalue weighted by Crippen LogP contribution is -2.40. The lowest BCUT2D eigenvalue weighted by atomic mass is 9.81. The van der Waals surface area contributed by atoms with E-state index in [-0.39, 0.29) is 22.7 Å². The summed E-state index contributed by atoms with van der Waals surface area (Å²) in [7, 11) is 2.36. The first-order chi connectivity index (χ1) is 15.4. The van der Waals surface area contributed by atoms with E-state index in [1.54, 1.807) is 42.5 Å². The van der Waals surface area contributed by atoms with E-state index in [4.69, 9.17) is 15.2 Å². The van der Waals surface area contributed by atoms with Crippen LogP contribution in [0.4, 0.5) is 5.69 Å². The Balaban J connectivity index is 2.41. The van der Waals surface area contributed by atoms with Gasteiger partial charge in [0.15, 0.2) is 0 Å². The fraction of sp³-hybridized carbons (Fsp3) is 0.130. The van der Waals surface area contributed by atoms with Gasteiger partial charge in [0.1, 0.15) is 17.6 Å². The third kappa shape index (κ3) is 3.82. The van der Waals surface area contributed by atoms with Crippen molar-refractivity contribution in [1.29, 1.82) is 10.5 Å². The molecule has 9 heteroatoms. The van der Waals surface area contributed by atoms with Gasteiger partial charge < -0.3 is 15.2 Å². The van der Waals surface area contributed by atoms with Crippen molar-refractivity contribution in [3.8, 4) is 12.1 Å². The van der Waals surface area contributed by atoms with E-state index in [9.17, 15) is 20.1 Å². The monoisotopic (exact) mass is 492 g/mol. The molecule has 1 atom stereocenters. The molecule has 1 aliphatic heterocycles. The van der Waals surface area contributed by atoms with Gasteiger partial charge in [-0.1, -0.05) is 30.3 Å². The van der Waals surface area contributed by atoms with Crippen LogP contribution in [0, 0.1) is 22.7 Å². The van der Waals surface area contributed by atoms with E-state index >= 15 is 0 Å². The molecular formula is C23H17BrN4O4. The molecule has 32 heavy (non-hydrogen) atoms. The van der Waals surface area contributed by atoms with E-state index in [2.05, 4.69) is 22.0 Å². The number of rotatable bonds is 4. The molecule has 2 aromatic carbocycles. The van der Waals surface area contributed by atoms with Gasteiger partial charge in [0, 0.05) is 10.2 Å². The van der Waals surface area contributed by atoms with Crippen LogP contribution in [0.1, 0.15) is 17.0 Å². The minimum Gasteiger partial charge on any atom is -0.466 e. The SMILES string of the molecule is COC(=O)C1=C(C(=O)OC)N(c2ccc(C#N)c(Br)c2)C(N)=C(C#N)C1c1ccccc1. The molecule has 0 fully saturated rings. The summed E-state index contributed by atoms with van der Waals surface area (Å²) in [6.45, 7) is 0. The highest BCUT2D eigenvalue weighted by Gasteiger charge is 2.43. The van der Waals surface area contributed by atoms with Gasteiger partial charge in [-0.15, -0.1) is 0 Å². The van der Waals surface area contributed by atoms with Crippen LogP contribution in [0.5, 0.6) is 0 Å². The highest BCUT2D eigenvalue weighted by atomic mass is 79.9. The molecule has 3 rings (SSSR count). The Bertz CT molecular complexity index is 1240. The Kier molecular flexibility index (Phi) is 6.62. The molecule has 2 aromatic rings. The summed E-state index contributed by atoms with van der Waals surface area (Å²) in [6, 6.07) is 17.5. The van der Waals surface area contributed by atoms with Gasteiger partial charge in [-0.3, -0.25) is 4.90 Å². The number of esters is 2. The number of carbonyl (C=O) groups excluding carboxylic acids is 2. The lowest BCUT2D eigenvalue weighted by Gasteiger charge is -2.36. The lowest BCUT2D eigenvalue weighted by molar-refractivity contribution is -0.139. The predicted molar refractivity (Wildman–Crippen MR) is 118 cm³/mol. The number of hydrogen-bond donors (Lipinski definition) is 1. The number of nitriles is 2. The minimum absolute atomic E-state index is 0.0500. The van der Waals surface area contributed by atoms with Crippen molar-refractivity contribution in [1.82, 2.24) is 0 Å². The number of ether oxygens (including phenoxy) is 2. The van der Waals surface area contributed by atoms with E-state index < -0.39 is 17.9 Å². The van der Waals surface area contributed by atoms with Crippen molar-refractivity contribution in [3.05, 3.63) is 86.8 Å². The Morgan fingerprint density at radius 1 is 1.03 bits per heavy atom. The van der Waals surface area contributed by atoms with E-state index in [0.29, 0.717) is 21.3 Å². The molecule has 0 amide bonds. The molecule has 0 spiro atoms.